The number of nitrogens with zero attached hydrogens (tertiary/aromatic N) is 1. The fourth-order valence-corrected chi connectivity index (χ4v) is 2.40. The molecule has 0 aliphatic rings. The maximum Gasteiger partial charge on any atom is 0.407 e. The predicted molar refractivity (Wildman–Crippen MR) is 119 cm³/mol. The number of carbonyl (C=O) groups is 2. The fourth-order valence-electron chi connectivity index (χ4n) is 2.40. The van der Waals surface area contributed by atoms with Crippen LogP contribution < -0.4 is 10.6 Å². The Morgan fingerprint density at radius 2 is 1.62 bits per heavy atom. The van der Waals surface area contributed by atoms with Crippen LogP contribution in [0.5, 0.6) is 0 Å². The highest BCUT2D eigenvalue weighted by Crippen LogP contribution is 2.08. The number of anilines is 1. The first-order chi connectivity index (χ1) is 15.3. The Hall–Kier alpha value is -2.27. The molecule has 0 saturated carbocycles. The molecular weight excluding hydrogens is 418 g/mol. The molecule has 1 rings (SSSR count). The van der Waals surface area contributed by atoms with Gasteiger partial charge in [-0.15, -0.1) is 0 Å². The lowest BCUT2D eigenvalue weighted by atomic mass is 10.2. The van der Waals surface area contributed by atoms with Gasteiger partial charge in [0.05, 0.1) is 33.0 Å². The molecule has 1 aromatic rings. The summed E-state index contributed by atoms with van der Waals surface area (Å²) in [4.78, 5) is 27.4. The van der Waals surface area contributed by atoms with Crippen molar-refractivity contribution in [3.8, 4) is 0 Å². The van der Waals surface area contributed by atoms with Gasteiger partial charge in [0, 0.05) is 32.4 Å². The lowest BCUT2D eigenvalue weighted by Crippen LogP contribution is -2.33. The number of nitrogens with one attached hydrogen (secondary N) is 2. The third kappa shape index (κ3) is 15.5. The van der Waals surface area contributed by atoms with E-state index in [-0.39, 0.29) is 12.5 Å². The maximum absolute atomic E-state index is 11.9. The van der Waals surface area contributed by atoms with E-state index in [9.17, 15) is 9.59 Å². The Labute approximate surface area is 190 Å². The monoisotopic (exact) mass is 455 g/mol. The molecular formula is C22H37N3O7. The van der Waals surface area contributed by atoms with Crippen molar-refractivity contribution in [3.05, 3.63) is 23.9 Å². The van der Waals surface area contributed by atoms with Crippen molar-refractivity contribution < 1.29 is 33.6 Å². The number of pyridine rings is 1. The van der Waals surface area contributed by atoms with Crippen LogP contribution in [-0.2, 0) is 30.3 Å². The van der Waals surface area contributed by atoms with Crippen molar-refractivity contribution >= 4 is 17.8 Å². The molecule has 10 heteroatoms. The average molecular weight is 456 g/mol. The van der Waals surface area contributed by atoms with E-state index >= 15 is 0 Å². The number of hydrogen-bond acceptors (Lipinski definition) is 8. The third-order valence-electron chi connectivity index (χ3n) is 3.84. The second kappa shape index (κ2) is 16.4. The van der Waals surface area contributed by atoms with Crippen molar-refractivity contribution in [2.24, 2.45) is 0 Å². The zero-order valence-corrected chi connectivity index (χ0v) is 19.4. The van der Waals surface area contributed by atoms with Crippen LogP contribution in [0.2, 0.25) is 0 Å². The van der Waals surface area contributed by atoms with Crippen molar-refractivity contribution in [2.75, 3.05) is 51.5 Å². The first-order valence-electron chi connectivity index (χ1n) is 10.9. The molecule has 0 spiro atoms. The zero-order chi connectivity index (χ0) is 23.7. The van der Waals surface area contributed by atoms with E-state index in [1.807, 2.05) is 20.8 Å². The summed E-state index contributed by atoms with van der Waals surface area (Å²) in [6.45, 7) is 8.67. The largest absolute Gasteiger partial charge is 0.444 e. The number of carbonyl (C=O) groups excluding carboxylic acids is 2. The number of hydrogen-bond donors (Lipinski definition) is 3. The van der Waals surface area contributed by atoms with Gasteiger partial charge in [-0.3, -0.25) is 4.79 Å². The maximum atomic E-state index is 11.9. The van der Waals surface area contributed by atoms with E-state index in [0.717, 1.165) is 0 Å². The summed E-state index contributed by atoms with van der Waals surface area (Å²) in [6.07, 6.45) is 2.72. The summed E-state index contributed by atoms with van der Waals surface area (Å²) in [5.74, 6) is 0.281. The van der Waals surface area contributed by atoms with Gasteiger partial charge < -0.3 is 34.7 Å². The molecule has 3 N–H and O–H groups in total. The number of rotatable bonds is 16. The minimum absolute atomic E-state index is 0.0965. The second-order valence-corrected chi connectivity index (χ2v) is 7.98. The minimum Gasteiger partial charge on any atom is -0.444 e. The summed E-state index contributed by atoms with van der Waals surface area (Å²) in [5, 5.41) is 14.5. The van der Waals surface area contributed by atoms with Gasteiger partial charge in [-0.2, -0.15) is 0 Å². The molecule has 1 aromatic heterocycles. The smallest absolute Gasteiger partial charge is 0.407 e. The standard InChI is InChI=1S/C22H37N3O7/c1-22(2,3)32-21(28)24-8-5-11-30-13-15-31-14-12-29-10-4-6-20(27)25-19-16-18(17-26)7-9-23-19/h7,9,16,26H,4-6,8,10-15,17H2,1-3H3,(H,24,28)(H,23,25,27). The molecule has 0 radical (unpaired) electrons. The number of aromatic nitrogens is 1. The number of aliphatic hydroxyl groups excluding tert-OH is 1. The molecule has 0 bridgehead atoms. The molecule has 0 aliphatic heterocycles. The van der Waals surface area contributed by atoms with Gasteiger partial charge >= 0.3 is 6.09 Å². The molecule has 0 unspecified atom stereocenters. The molecule has 32 heavy (non-hydrogen) atoms. The predicted octanol–water partition coefficient (Wildman–Crippen LogP) is 2.26. The fraction of sp³-hybridized carbons (Fsp3) is 0.682. The molecule has 2 amide bonds. The topological polar surface area (TPSA) is 128 Å². The summed E-state index contributed by atoms with van der Waals surface area (Å²) in [7, 11) is 0. The van der Waals surface area contributed by atoms with Gasteiger partial charge in [0.1, 0.15) is 11.4 Å². The molecule has 0 saturated heterocycles. The van der Waals surface area contributed by atoms with Crippen LogP contribution in [0.1, 0.15) is 45.6 Å². The van der Waals surface area contributed by atoms with Gasteiger partial charge in [0.25, 0.3) is 0 Å². The Morgan fingerprint density at radius 3 is 2.25 bits per heavy atom. The minimum atomic E-state index is -0.498. The second-order valence-electron chi connectivity index (χ2n) is 7.98. The molecule has 10 nitrogen and oxygen atoms in total. The highest BCUT2D eigenvalue weighted by molar-refractivity contribution is 5.89. The number of amides is 2. The Morgan fingerprint density at radius 1 is 1.00 bits per heavy atom. The SMILES string of the molecule is CC(C)(C)OC(=O)NCCCOCCOCCOCCCC(=O)Nc1cc(CO)ccn1. The average Bonchev–Trinajstić information content (AvgIpc) is 2.72. The van der Waals surface area contributed by atoms with E-state index in [1.165, 1.54) is 0 Å². The molecule has 0 aliphatic carbocycles. The van der Waals surface area contributed by atoms with Gasteiger partial charge in [-0.1, -0.05) is 0 Å². The molecule has 0 fully saturated rings. The van der Waals surface area contributed by atoms with E-state index in [0.29, 0.717) is 76.8 Å². The lowest BCUT2D eigenvalue weighted by molar-refractivity contribution is -0.116. The Bertz CT molecular complexity index is 665. The number of ether oxygens (including phenoxy) is 4. The van der Waals surface area contributed by atoms with E-state index in [4.69, 9.17) is 24.1 Å². The van der Waals surface area contributed by atoms with Crippen LogP contribution in [-0.4, -0.2) is 73.9 Å². The van der Waals surface area contributed by atoms with Crippen LogP contribution in [0.25, 0.3) is 0 Å². The quantitative estimate of drug-likeness (QED) is 0.324. The Balaban J connectivity index is 1.86. The van der Waals surface area contributed by atoms with Gasteiger partial charge in [0.2, 0.25) is 5.91 Å². The van der Waals surface area contributed by atoms with Crippen LogP contribution in [0.15, 0.2) is 18.3 Å². The van der Waals surface area contributed by atoms with Gasteiger partial charge in [-0.25, -0.2) is 9.78 Å². The highest BCUT2D eigenvalue weighted by atomic mass is 16.6. The summed E-state index contributed by atoms with van der Waals surface area (Å²) >= 11 is 0. The molecule has 1 heterocycles. The van der Waals surface area contributed by atoms with Crippen LogP contribution in [0.4, 0.5) is 10.6 Å². The summed E-state index contributed by atoms with van der Waals surface area (Å²) in [5.41, 5.74) is 0.196. The lowest BCUT2D eigenvalue weighted by Gasteiger charge is -2.19. The van der Waals surface area contributed by atoms with E-state index in [1.54, 1.807) is 18.3 Å². The first kappa shape index (κ1) is 27.8. The zero-order valence-electron chi connectivity index (χ0n) is 19.4. The van der Waals surface area contributed by atoms with Crippen LogP contribution >= 0.6 is 0 Å². The first-order valence-corrected chi connectivity index (χ1v) is 10.9. The molecule has 0 atom stereocenters. The summed E-state index contributed by atoms with van der Waals surface area (Å²) in [6, 6.07) is 3.32. The normalized spacial score (nSPS) is 11.2. The van der Waals surface area contributed by atoms with Crippen molar-refractivity contribution in [3.63, 3.8) is 0 Å². The van der Waals surface area contributed by atoms with Crippen molar-refractivity contribution in [2.45, 2.75) is 52.2 Å². The highest BCUT2D eigenvalue weighted by Gasteiger charge is 2.15. The summed E-state index contributed by atoms with van der Waals surface area (Å²) < 4.78 is 21.4. The number of aliphatic hydroxyl groups is 1. The van der Waals surface area contributed by atoms with Gasteiger partial charge in [-0.05, 0) is 51.3 Å². The molecule has 0 aromatic carbocycles. The van der Waals surface area contributed by atoms with Crippen molar-refractivity contribution in [1.29, 1.82) is 0 Å². The Kier molecular flexibility index (Phi) is 14.2. The van der Waals surface area contributed by atoms with Crippen molar-refractivity contribution in [1.82, 2.24) is 10.3 Å². The van der Waals surface area contributed by atoms with Crippen LogP contribution in [0, 0.1) is 0 Å². The third-order valence-corrected chi connectivity index (χ3v) is 3.84. The van der Waals surface area contributed by atoms with E-state index < -0.39 is 11.7 Å². The molecule has 182 valence electrons. The van der Waals surface area contributed by atoms with E-state index in [2.05, 4.69) is 15.6 Å². The number of alkyl carbamates (subject to hydrolysis) is 1. The van der Waals surface area contributed by atoms with Gasteiger partial charge in [0.15, 0.2) is 0 Å². The van der Waals surface area contributed by atoms with Crippen LogP contribution in [0.3, 0.4) is 0 Å².